The zero-order valence-electron chi connectivity index (χ0n) is 30.0. The molecule has 0 aliphatic carbocycles. The van der Waals surface area contributed by atoms with Gasteiger partial charge in [-0.05, 0) is 64.4 Å². The maximum Gasteiger partial charge on any atom is 0.116 e. The molecule has 11 rings (SSSR count). The van der Waals surface area contributed by atoms with Crippen LogP contribution in [0.25, 0.3) is 111 Å². The summed E-state index contributed by atoms with van der Waals surface area (Å²) in [6.45, 7) is 0. The lowest BCUT2D eigenvalue weighted by molar-refractivity contribution is 1.16. The van der Waals surface area contributed by atoms with Gasteiger partial charge >= 0.3 is 0 Å². The number of hydrogen-bond donors (Lipinski definition) is 0. The van der Waals surface area contributed by atoms with Gasteiger partial charge in [0.15, 0.2) is 0 Å². The van der Waals surface area contributed by atoms with Crippen molar-refractivity contribution in [3.63, 3.8) is 0 Å². The van der Waals surface area contributed by atoms with Crippen molar-refractivity contribution < 1.29 is 0 Å². The molecule has 11 aromatic rings. The smallest absolute Gasteiger partial charge is 0.116 e. The van der Waals surface area contributed by atoms with Crippen molar-refractivity contribution in [1.29, 1.82) is 0 Å². The maximum atomic E-state index is 5.30. The fourth-order valence-electron chi connectivity index (χ4n) is 7.77. The van der Waals surface area contributed by atoms with Crippen LogP contribution in [0.15, 0.2) is 182 Å². The lowest BCUT2D eigenvalue weighted by Gasteiger charge is -2.13. The summed E-state index contributed by atoms with van der Waals surface area (Å²) in [6.07, 6.45) is 3.28. The summed E-state index contributed by atoms with van der Waals surface area (Å²) in [5.41, 5.74) is 13.4. The summed E-state index contributed by atoms with van der Waals surface area (Å²) in [5, 5.41) is 6.58. The standard InChI is InChI=1S/C50H30N6/c1-2-6-31(7-3-1)42-23-18-34-12-13-35-19-24-44(56-50(35)49(34)55-42)41-21-20-38(39-8-4-5-9-40(39)41)36-14-10-32-16-22-43(53-47(32)28-36)37-15-11-33-17-25-46(54-48(33)29-37)45-26-27-51-30-52-45/h1-30H. The molecule has 0 atom stereocenters. The fraction of sp³-hybridized carbons (Fsp3) is 0. The number of hydrogen-bond acceptors (Lipinski definition) is 6. The normalized spacial score (nSPS) is 11.6. The molecule has 0 saturated carbocycles. The lowest BCUT2D eigenvalue weighted by atomic mass is 9.93. The van der Waals surface area contributed by atoms with E-state index in [9.17, 15) is 0 Å². The molecule has 56 heavy (non-hydrogen) atoms. The number of rotatable bonds is 5. The van der Waals surface area contributed by atoms with Crippen LogP contribution in [-0.2, 0) is 0 Å². The maximum absolute atomic E-state index is 5.30. The van der Waals surface area contributed by atoms with E-state index in [1.807, 2.05) is 30.3 Å². The van der Waals surface area contributed by atoms with Gasteiger partial charge in [0.1, 0.15) is 6.33 Å². The van der Waals surface area contributed by atoms with Gasteiger partial charge in [-0.15, -0.1) is 0 Å². The van der Waals surface area contributed by atoms with Gasteiger partial charge in [0.05, 0.1) is 50.5 Å². The molecule has 6 nitrogen and oxygen atoms in total. The highest BCUT2D eigenvalue weighted by molar-refractivity contribution is 6.08. The van der Waals surface area contributed by atoms with Crippen LogP contribution in [-0.4, -0.2) is 29.9 Å². The molecule has 0 N–H and O–H groups in total. The minimum absolute atomic E-state index is 0.793. The van der Waals surface area contributed by atoms with Crippen LogP contribution in [0, 0.1) is 0 Å². The minimum atomic E-state index is 0.793. The van der Waals surface area contributed by atoms with E-state index in [-0.39, 0.29) is 0 Å². The third-order valence-corrected chi connectivity index (χ3v) is 10.6. The molecular weight excluding hydrogens is 685 g/mol. The molecule has 0 spiro atoms. The van der Waals surface area contributed by atoms with Crippen LogP contribution in [0.2, 0.25) is 0 Å². The monoisotopic (exact) mass is 714 g/mol. The second kappa shape index (κ2) is 13.0. The molecule has 0 bridgehead atoms. The van der Waals surface area contributed by atoms with Crippen molar-refractivity contribution in [3.8, 4) is 56.3 Å². The first-order chi connectivity index (χ1) is 27.7. The molecule has 6 heteroatoms. The van der Waals surface area contributed by atoms with Crippen LogP contribution in [0.1, 0.15) is 0 Å². The molecule has 6 aromatic carbocycles. The van der Waals surface area contributed by atoms with Crippen molar-refractivity contribution in [2.75, 3.05) is 0 Å². The van der Waals surface area contributed by atoms with E-state index in [0.29, 0.717) is 0 Å². The Kier molecular flexibility index (Phi) is 7.38. The minimum Gasteiger partial charge on any atom is -0.248 e. The molecule has 0 unspecified atom stereocenters. The average Bonchev–Trinajstić information content (AvgIpc) is 3.28. The quantitative estimate of drug-likeness (QED) is 0.165. The molecule has 0 aliphatic heterocycles. The van der Waals surface area contributed by atoms with Gasteiger partial charge in [-0.3, -0.25) is 0 Å². The average molecular weight is 715 g/mol. The van der Waals surface area contributed by atoms with Crippen LogP contribution in [0.5, 0.6) is 0 Å². The molecular formula is C50H30N6. The highest BCUT2D eigenvalue weighted by Crippen LogP contribution is 2.38. The molecule has 0 aliphatic rings. The highest BCUT2D eigenvalue weighted by atomic mass is 14.8. The second-order valence-electron chi connectivity index (χ2n) is 14.0. The van der Waals surface area contributed by atoms with Crippen molar-refractivity contribution in [1.82, 2.24) is 29.9 Å². The van der Waals surface area contributed by atoms with E-state index < -0.39 is 0 Å². The van der Waals surface area contributed by atoms with Gasteiger partial charge in [0, 0.05) is 44.4 Å². The van der Waals surface area contributed by atoms with Crippen LogP contribution in [0.4, 0.5) is 0 Å². The number of pyridine rings is 4. The number of fused-ring (bicyclic) bond motifs is 6. The molecule has 5 heterocycles. The molecule has 0 saturated heterocycles. The Morgan fingerprint density at radius 2 is 0.857 bits per heavy atom. The Morgan fingerprint density at radius 1 is 0.321 bits per heavy atom. The fourth-order valence-corrected chi connectivity index (χ4v) is 7.77. The van der Waals surface area contributed by atoms with Gasteiger partial charge in [-0.1, -0.05) is 127 Å². The molecule has 0 radical (unpaired) electrons. The predicted octanol–water partition coefficient (Wildman–Crippen LogP) is 12.2. The van der Waals surface area contributed by atoms with Crippen molar-refractivity contribution in [2.24, 2.45) is 0 Å². The molecule has 0 amide bonds. The second-order valence-corrected chi connectivity index (χ2v) is 14.0. The lowest BCUT2D eigenvalue weighted by Crippen LogP contribution is -1.92. The number of aromatic nitrogens is 6. The summed E-state index contributed by atoms with van der Waals surface area (Å²) in [5.74, 6) is 0. The molecule has 5 aromatic heterocycles. The van der Waals surface area contributed by atoms with Crippen molar-refractivity contribution in [3.05, 3.63) is 182 Å². The predicted molar refractivity (Wildman–Crippen MR) is 228 cm³/mol. The SMILES string of the molecule is c1ccc(-c2ccc3ccc4ccc(-c5ccc(-c6ccc7ccc(-c8ccc9ccc(-c%10ccncn%10)nc9c8)nc7c6)c6ccccc56)nc4c3n2)cc1. The van der Waals surface area contributed by atoms with Gasteiger partial charge in [0.25, 0.3) is 0 Å². The zero-order chi connectivity index (χ0) is 37.0. The third-order valence-electron chi connectivity index (χ3n) is 10.6. The Balaban J connectivity index is 0.985. The van der Waals surface area contributed by atoms with E-state index in [1.54, 1.807) is 12.5 Å². The summed E-state index contributed by atoms with van der Waals surface area (Å²) >= 11 is 0. The van der Waals surface area contributed by atoms with Crippen LogP contribution >= 0.6 is 0 Å². The van der Waals surface area contributed by atoms with Crippen LogP contribution in [0.3, 0.4) is 0 Å². The first-order valence-corrected chi connectivity index (χ1v) is 18.6. The van der Waals surface area contributed by atoms with E-state index in [4.69, 9.17) is 19.9 Å². The Labute approximate surface area is 321 Å². The summed E-state index contributed by atoms with van der Waals surface area (Å²) < 4.78 is 0. The van der Waals surface area contributed by atoms with Crippen molar-refractivity contribution in [2.45, 2.75) is 0 Å². The molecule has 260 valence electrons. The Bertz CT molecular complexity index is 3310. The Morgan fingerprint density at radius 3 is 1.59 bits per heavy atom. The van der Waals surface area contributed by atoms with E-state index >= 15 is 0 Å². The largest absolute Gasteiger partial charge is 0.248 e. The number of nitrogens with zero attached hydrogens (tertiary/aromatic N) is 6. The van der Waals surface area contributed by atoms with Gasteiger partial charge in [-0.25, -0.2) is 29.9 Å². The van der Waals surface area contributed by atoms with Gasteiger partial charge in [0.2, 0.25) is 0 Å². The summed E-state index contributed by atoms with van der Waals surface area (Å²) in [7, 11) is 0. The van der Waals surface area contributed by atoms with Gasteiger partial charge < -0.3 is 0 Å². The number of benzene rings is 6. The van der Waals surface area contributed by atoms with E-state index in [0.717, 1.165) is 111 Å². The van der Waals surface area contributed by atoms with E-state index in [2.05, 4.69) is 149 Å². The molecule has 0 fully saturated rings. The highest BCUT2D eigenvalue weighted by Gasteiger charge is 2.14. The van der Waals surface area contributed by atoms with E-state index in [1.165, 1.54) is 0 Å². The summed E-state index contributed by atoms with van der Waals surface area (Å²) in [4.78, 5) is 29.0. The van der Waals surface area contributed by atoms with Crippen molar-refractivity contribution >= 4 is 54.4 Å². The third kappa shape index (κ3) is 5.51. The van der Waals surface area contributed by atoms with Gasteiger partial charge in [-0.2, -0.15) is 0 Å². The zero-order valence-corrected chi connectivity index (χ0v) is 30.0. The first kappa shape index (κ1) is 31.8. The Hall–Kier alpha value is -7.70. The first-order valence-electron chi connectivity index (χ1n) is 18.6. The topological polar surface area (TPSA) is 77.3 Å². The van der Waals surface area contributed by atoms with Crippen LogP contribution < -0.4 is 0 Å². The summed E-state index contributed by atoms with van der Waals surface area (Å²) in [6, 6.07) is 59.1.